The normalized spacial score (nSPS) is 16.1. The molecule has 3 rings (SSSR count). The highest BCUT2D eigenvalue weighted by Gasteiger charge is 2.41. The number of anilines is 1. The fourth-order valence-corrected chi connectivity index (χ4v) is 3.48. The first-order valence-electron chi connectivity index (χ1n) is 9.34. The van der Waals surface area contributed by atoms with E-state index in [0.717, 1.165) is 29.0 Å². The number of hydrogen-bond donors (Lipinski definition) is 1. The van der Waals surface area contributed by atoms with Crippen molar-refractivity contribution in [1.82, 2.24) is 0 Å². The van der Waals surface area contributed by atoms with E-state index in [4.69, 9.17) is 9.47 Å². The molecular formula is C22H27NO3. The van der Waals surface area contributed by atoms with Crippen LogP contribution >= 0.6 is 0 Å². The molecule has 1 saturated heterocycles. The molecule has 4 heteroatoms. The Hall–Kier alpha value is -2.33. The predicted molar refractivity (Wildman–Crippen MR) is 104 cm³/mol. The smallest absolute Gasteiger partial charge is 0.235 e. The summed E-state index contributed by atoms with van der Waals surface area (Å²) in [6, 6.07) is 15.9. The zero-order valence-corrected chi connectivity index (χ0v) is 15.6. The molecule has 0 radical (unpaired) electrons. The number of benzene rings is 2. The lowest BCUT2D eigenvalue weighted by Gasteiger charge is -2.36. The van der Waals surface area contributed by atoms with Gasteiger partial charge in [0.1, 0.15) is 5.75 Å². The summed E-state index contributed by atoms with van der Waals surface area (Å²) in [6.07, 6.45) is 2.36. The maximum Gasteiger partial charge on any atom is 0.235 e. The molecular weight excluding hydrogens is 326 g/mol. The molecule has 1 aliphatic heterocycles. The molecule has 0 spiro atoms. The maximum atomic E-state index is 13.3. The van der Waals surface area contributed by atoms with E-state index in [1.807, 2.05) is 55.5 Å². The van der Waals surface area contributed by atoms with E-state index in [0.29, 0.717) is 32.7 Å². The van der Waals surface area contributed by atoms with Gasteiger partial charge in [-0.3, -0.25) is 4.79 Å². The van der Waals surface area contributed by atoms with E-state index in [2.05, 4.69) is 12.2 Å². The van der Waals surface area contributed by atoms with Crippen LogP contribution < -0.4 is 10.1 Å². The monoisotopic (exact) mass is 353 g/mol. The Morgan fingerprint density at radius 2 is 1.88 bits per heavy atom. The molecule has 1 fully saturated rings. The molecule has 0 aliphatic carbocycles. The third-order valence-corrected chi connectivity index (χ3v) is 5.00. The number of ether oxygens (including phenoxy) is 2. The van der Waals surface area contributed by atoms with Crippen molar-refractivity contribution in [2.75, 3.05) is 25.1 Å². The molecule has 2 aromatic carbocycles. The lowest BCUT2D eigenvalue weighted by atomic mass is 9.73. The molecule has 1 amide bonds. The molecule has 26 heavy (non-hydrogen) atoms. The van der Waals surface area contributed by atoms with Gasteiger partial charge in [-0.25, -0.2) is 0 Å². The third kappa shape index (κ3) is 3.91. The first kappa shape index (κ1) is 18.5. The van der Waals surface area contributed by atoms with Crippen LogP contribution in [0.1, 0.15) is 37.3 Å². The first-order chi connectivity index (χ1) is 12.7. The minimum Gasteiger partial charge on any atom is -0.493 e. The van der Waals surface area contributed by atoms with Crippen LogP contribution in [0.15, 0.2) is 48.5 Å². The van der Waals surface area contributed by atoms with Crippen molar-refractivity contribution >= 4 is 11.6 Å². The van der Waals surface area contributed by atoms with Gasteiger partial charge in [-0.15, -0.1) is 0 Å². The SMILES string of the molecule is CCCOc1ccc(NC(=O)C2(c3ccccc3)CCOCC2)cc1C. The standard InChI is InChI=1S/C22H27NO3/c1-3-13-26-20-10-9-19(16-17(20)2)23-21(24)22(11-14-25-15-12-22)18-7-5-4-6-8-18/h4-10,16H,3,11-15H2,1-2H3,(H,23,24). The molecule has 4 nitrogen and oxygen atoms in total. The van der Waals surface area contributed by atoms with Crippen molar-refractivity contribution in [3.05, 3.63) is 59.7 Å². The minimum atomic E-state index is -0.537. The van der Waals surface area contributed by atoms with E-state index in [1.54, 1.807) is 0 Å². The summed E-state index contributed by atoms with van der Waals surface area (Å²) in [4.78, 5) is 13.3. The second-order valence-electron chi connectivity index (χ2n) is 6.84. The van der Waals surface area contributed by atoms with E-state index in [-0.39, 0.29) is 5.91 Å². The Morgan fingerprint density at radius 3 is 2.54 bits per heavy atom. The summed E-state index contributed by atoms with van der Waals surface area (Å²) in [5.41, 5.74) is 2.35. The molecule has 1 heterocycles. The zero-order valence-electron chi connectivity index (χ0n) is 15.6. The molecule has 0 unspecified atom stereocenters. The van der Waals surface area contributed by atoms with Crippen molar-refractivity contribution in [1.29, 1.82) is 0 Å². The molecule has 0 bridgehead atoms. The summed E-state index contributed by atoms with van der Waals surface area (Å²) in [7, 11) is 0. The van der Waals surface area contributed by atoms with E-state index >= 15 is 0 Å². The highest BCUT2D eigenvalue weighted by Crippen LogP contribution is 2.36. The molecule has 0 aromatic heterocycles. The Bertz CT molecular complexity index is 736. The fraction of sp³-hybridized carbons (Fsp3) is 0.409. The lowest BCUT2D eigenvalue weighted by molar-refractivity contribution is -0.125. The largest absolute Gasteiger partial charge is 0.493 e. The third-order valence-electron chi connectivity index (χ3n) is 5.00. The fourth-order valence-electron chi connectivity index (χ4n) is 3.48. The average Bonchev–Trinajstić information content (AvgIpc) is 2.68. The predicted octanol–water partition coefficient (Wildman–Crippen LogP) is 4.47. The number of carbonyl (C=O) groups excluding carboxylic acids is 1. The van der Waals surface area contributed by atoms with Gasteiger partial charge in [0.25, 0.3) is 0 Å². The van der Waals surface area contributed by atoms with Gasteiger partial charge in [0.05, 0.1) is 12.0 Å². The topological polar surface area (TPSA) is 47.6 Å². The Labute approximate surface area is 155 Å². The molecule has 0 atom stereocenters. The molecule has 1 N–H and O–H groups in total. The van der Waals surface area contributed by atoms with Crippen LogP contribution in [0.3, 0.4) is 0 Å². The average molecular weight is 353 g/mol. The van der Waals surface area contributed by atoms with Crippen molar-refractivity contribution in [2.24, 2.45) is 0 Å². The van der Waals surface area contributed by atoms with Crippen LogP contribution in [0.4, 0.5) is 5.69 Å². The quantitative estimate of drug-likeness (QED) is 0.833. The number of carbonyl (C=O) groups is 1. The van der Waals surface area contributed by atoms with Gasteiger partial charge in [0.15, 0.2) is 0 Å². The van der Waals surface area contributed by atoms with Gasteiger partial charge in [-0.2, -0.15) is 0 Å². The van der Waals surface area contributed by atoms with Crippen LogP contribution in [-0.4, -0.2) is 25.7 Å². The van der Waals surface area contributed by atoms with E-state index in [1.165, 1.54) is 0 Å². The molecule has 0 saturated carbocycles. The lowest BCUT2D eigenvalue weighted by Crippen LogP contribution is -2.44. The van der Waals surface area contributed by atoms with Crippen molar-refractivity contribution < 1.29 is 14.3 Å². The van der Waals surface area contributed by atoms with Crippen LogP contribution in [0.5, 0.6) is 5.75 Å². The Morgan fingerprint density at radius 1 is 1.15 bits per heavy atom. The molecule has 2 aromatic rings. The maximum absolute atomic E-state index is 13.3. The molecule has 138 valence electrons. The summed E-state index contributed by atoms with van der Waals surface area (Å²) in [5.74, 6) is 0.905. The van der Waals surface area contributed by atoms with Gasteiger partial charge >= 0.3 is 0 Å². The number of aryl methyl sites for hydroxylation is 1. The van der Waals surface area contributed by atoms with E-state index in [9.17, 15) is 4.79 Å². The van der Waals surface area contributed by atoms with Crippen molar-refractivity contribution in [3.8, 4) is 5.75 Å². The van der Waals surface area contributed by atoms with Gasteiger partial charge in [-0.05, 0) is 55.5 Å². The second-order valence-corrected chi connectivity index (χ2v) is 6.84. The van der Waals surface area contributed by atoms with Crippen LogP contribution in [0.2, 0.25) is 0 Å². The van der Waals surface area contributed by atoms with Gasteiger partial charge in [0.2, 0.25) is 5.91 Å². The van der Waals surface area contributed by atoms with Gasteiger partial charge < -0.3 is 14.8 Å². The van der Waals surface area contributed by atoms with Gasteiger partial charge in [0, 0.05) is 18.9 Å². The second kappa shape index (κ2) is 8.37. The van der Waals surface area contributed by atoms with Crippen LogP contribution in [0.25, 0.3) is 0 Å². The Kier molecular flexibility index (Phi) is 5.94. The number of amides is 1. The summed E-state index contributed by atoms with van der Waals surface area (Å²) >= 11 is 0. The first-order valence-corrected chi connectivity index (χ1v) is 9.34. The highest BCUT2D eigenvalue weighted by molar-refractivity contribution is 5.99. The number of rotatable bonds is 6. The number of nitrogens with one attached hydrogen (secondary N) is 1. The highest BCUT2D eigenvalue weighted by atomic mass is 16.5. The summed E-state index contributed by atoms with van der Waals surface area (Å²) in [6.45, 7) is 5.99. The molecule has 1 aliphatic rings. The van der Waals surface area contributed by atoms with E-state index < -0.39 is 5.41 Å². The minimum absolute atomic E-state index is 0.0358. The Balaban J connectivity index is 1.81. The van der Waals surface area contributed by atoms with Crippen molar-refractivity contribution in [2.45, 2.75) is 38.5 Å². The van der Waals surface area contributed by atoms with Crippen LogP contribution in [-0.2, 0) is 14.9 Å². The zero-order chi connectivity index (χ0) is 18.4. The summed E-state index contributed by atoms with van der Waals surface area (Å²) < 4.78 is 11.2. The van der Waals surface area contributed by atoms with Crippen molar-refractivity contribution in [3.63, 3.8) is 0 Å². The van der Waals surface area contributed by atoms with Crippen LogP contribution in [0, 0.1) is 6.92 Å². The number of hydrogen-bond acceptors (Lipinski definition) is 3. The van der Waals surface area contributed by atoms with Gasteiger partial charge in [-0.1, -0.05) is 37.3 Å². The summed E-state index contributed by atoms with van der Waals surface area (Å²) in [5, 5.41) is 3.13.